The Morgan fingerprint density at radius 2 is 2.31 bits per heavy atom. The Kier molecular flexibility index (Phi) is 3.76. The lowest BCUT2D eigenvalue weighted by Crippen LogP contribution is -2.30. The van der Waals surface area contributed by atoms with Gasteiger partial charge in [-0.15, -0.1) is 11.3 Å². The number of alkyl halides is 1. The van der Waals surface area contributed by atoms with E-state index in [4.69, 9.17) is 0 Å². The maximum absolute atomic E-state index is 11.9. The monoisotopic (exact) mass is 365 g/mol. The minimum Gasteiger partial charge on any atom is -0.351 e. The van der Waals surface area contributed by atoms with Crippen molar-refractivity contribution in [2.75, 3.05) is 11.9 Å². The lowest BCUT2D eigenvalue weighted by molar-refractivity contribution is 0.0950. The van der Waals surface area contributed by atoms with E-state index >= 15 is 0 Å². The molecule has 0 unspecified atom stereocenters. The van der Waals surface area contributed by atoms with Gasteiger partial charge in [0, 0.05) is 11.9 Å². The van der Waals surface area contributed by atoms with Crippen molar-refractivity contribution in [2.24, 2.45) is 5.41 Å². The molecule has 5 heteroatoms. The van der Waals surface area contributed by atoms with Crippen LogP contribution in [0, 0.1) is 12.3 Å². The van der Waals surface area contributed by atoms with Crippen molar-refractivity contribution >= 4 is 49.1 Å². The van der Waals surface area contributed by atoms with Gasteiger partial charge in [0.25, 0.3) is 5.91 Å². The largest absolute Gasteiger partial charge is 0.351 e. The molecule has 0 radical (unpaired) electrons. The summed E-state index contributed by atoms with van der Waals surface area (Å²) in [5.74, 6) is 0.0472. The van der Waals surface area contributed by atoms with E-state index in [0.29, 0.717) is 5.41 Å². The van der Waals surface area contributed by atoms with Crippen molar-refractivity contribution < 1.29 is 4.79 Å². The first-order chi connectivity index (χ1) is 7.56. The molecular weight excluding hydrogens is 354 g/mol. The highest BCUT2D eigenvalue weighted by Crippen LogP contribution is 2.46. The molecule has 16 heavy (non-hydrogen) atoms. The Hall–Kier alpha value is 0.130. The zero-order chi connectivity index (χ0) is 11.8. The fraction of sp³-hybridized carbons (Fsp3) is 0.545. The molecule has 0 spiro atoms. The van der Waals surface area contributed by atoms with Gasteiger partial charge in [-0.1, -0.05) is 15.9 Å². The van der Waals surface area contributed by atoms with Gasteiger partial charge in [0.05, 0.1) is 8.66 Å². The minimum atomic E-state index is 0.0472. The Morgan fingerprint density at radius 3 is 2.75 bits per heavy atom. The summed E-state index contributed by atoms with van der Waals surface area (Å²) in [6, 6.07) is 1.93. The molecular formula is C11H13Br2NOS. The second-order valence-electron chi connectivity index (χ2n) is 4.38. The number of hydrogen-bond donors (Lipinski definition) is 1. The van der Waals surface area contributed by atoms with Crippen molar-refractivity contribution in [2.45, 2.75) is 19.8 Å². The van der Waals surface area contributed by atoms with Gasteiger partial charge >= 0.3 is 0 Å². The van der Waals surface area contributed by atoms with Crippen molar-refractivity contribution in [1.29, 1.82) is 0 Å². The van der Waals surface area contributed by atoms with Crippen LogP contribution in [0.2, 0.25) is 0 Å². The second-order valence-corrected chi connectivity index (χ2v) is 7.31. The van der Waals surface area contributed by atoms with Crippen molar-refractivity contribution in [3.05, 3.63) is 20.3 Å². The van der Waals surface area contributed by atoms with E-state index in [1.165, 1.54) is 24.2 Å². The first kappa shape index (κ1) is 12.6. The summed E-state index contributed by atoms with van der Waals surface area (Å²) in [5.41, 5.74) is 1.45. The van der Waals surface area contributed by atoms with Gasteiger partial charge in [-0.25, -0.2) is 0 Å². The summed E-state index contributed by atoms with van der Waals surface area (Å²) < 4.78 is 1.04. The highest BCUT2D eigenvalue weighted by molar-refractivity contribution is 9.11. The Bertz CT molecular complexity index is 393. The predicted molar refractivity (Wildman–Crippen MR) is 74.6 cm³/mol. The lowest BCUT2D eigenvalue weighted by atomic mass is 10.1. The summed E-state index contributed by atoms with van der Waals surface area (Å²) >= 11 is 8.43. The van der Waals surface area contributed by atoms with Crippen LogP contribution in [0.3, 0.4) is 0 Å². The molecule has 0 saturated heterocycles. The predicted octanol–water partition coefficient (Wildman–Crippen LogP) is 3.72. The van der Waals surface area contributed by atoms with E-state index < -0.39 is 0 Å². The zero-order valence-corrected chi connectivity index (χ0v) is 13.0. The molecule has 1 N–H and O–H groups in total. The van der Waals surface area contributed by atoms with Crippen LogP contribution in [-0.2, 0) is 0 Å². The molecule has 88 valence electrons. The molecule has 1 amide bonds. The first-order valence-corrected chi connectivity index (χ1v) is 7.89. The first-order valence-electron chi connectivity index (χ1n) is 5.16. The fourth-order valence-electron chi connectivity index (χ4n) is 1.46. The molecule has 0 atom stereocenters. The fourth-order valence-corrected chi connectivity index (χ4v) is 3.67. The molecule has 2 nitrogen and oxygen atoms in total. The maximum Gasteiger partial charge on any atom is 0.261 e. The second kappa shape index (κ2) is 4.78. The zero-order valence-electron chi connectivity index (χ0n) is 8.98. The van der Waals surface area contributed by atoms with Gasteiger partial charge in [-0.05, 0) is 52.7 Å². The highest BCUT2D eigenvalue weighted by atomic mass is 79.9. The van der Waals surface area contributed by atoms with Crippen molar-refractivity contribution in [3.8, 4) is 0 Å². The molecule has 0 bridgehead atoms. The van der Waals surface area contributed by atoms with Gasteiger partial charge in [0.15, 0.2) is 0 Å². The Morgan fingerprint density at radius 1 is 1.62 bits per heavy atom. The average Bonchev–Trinajstić information content (AvgIpc) is 2.98. The molecule has 1 fully saturated rings. The molecule has 0 aromatic carbocycles. The standard InChI is InChI=1S/C11H13Br2NOS/c1-7-4-8(16-9(7)13)10(15)14-6-11(5-12)2-3-11/h4H,2-3,5-6H2,1H3,(H,14,15). The van der Waals surface area contributed by atoms with E-state index in [2.05, 4.69) is 37.2 Å². The summed E-state index contributed by atoms with van der Waals surface area (Å²) in [4.78, 5) is 12.7. The van der Waals surface area contributed by atoms with E-state index in [-0.39, 0.29) is 5.91 Å². The van der Waals surface area contributed by atoms with E-state index in [0.717, 1.165) is 26.1 Å². The van der Waals surface area contributed by atoms with Crippen LogP contribution in [0.15, 0.2) is 9.85 Å². The minimum absolute atomic E-state index is 0.0472. The molecule has 0 aliphatic heterocycles. The van der Waals surface area contributed by atoms with Crippen molar-refractivity contribution in [1.82, 2.24) is 5.32 Å². The summed E-state index contributed by atoms with van der Waals surface area (Å²) in [5, 5.41) is 3.99. The van der Waals surface area contributed by atoms with Gasteiger partial charge in [0.2, 0.25) is 0 Å². The number of carbonyl (C=O) groups is 1. The number of hydrogen-bond acceptors (Lipinski definition) is 2. The molecule has 1 aromatic heterocycles. The molecule has 1 aromatic rings. The van der Waals surface area contributed by atoms with Crippen LogP contribution in [0.5, 0.6) is 0 Å². The number of rotatable bonds is 4. The number of thiophene rings is 1. The van der Waals surface area contributed by atoms with Crippen LogP contribution in [0.25, 0.3) is 0 Å². The average molecular weight is 367 g/mol. The van der Waals surface area contributed by atoms with Gasteiger partial charge < -0.3 is 5.32 Å². The summed E-state index contributed by atoms with van der Waals surface area (Å²) in [6.07, 6.45) is 2.43. The van der Waals surface area contributed by atoms with Crippen molar-refractivity contribution in [3.63, 3.8) is 0 Å². The van der Waals surface area contributed by atoms with Crippen LogP contribution < -0.4 is 5.32 Å². The van der Waals surface area contributed by atoms with Crippen LogP contribution in [-0.4, -0.2) is 17.8 Å². The third-order valence-corrected chi connectivity index (χ3v) is 6.27. The number of amides is 1. The number of aryl methyl sites for hydroxylation is 1. The van der Waals surface area contributed by atoms with E-state index in [1.807, 2.05) is 13.0 Å². The van der Waals surface area contributed by atoms with E-state index in [9.17, 15) is 4.79 Å². The maximum atomic E-state index is 11.9. The molecule has 1 saturated carbocycles. The number of nitrogens with one attached hydrogen (secondary N) is 1. The molecule has 1 heterocycles. The Labute approximate surface area is 116 Å². The highest BCUT2D eigenvalue weighted by Gasteiger charge is 2.41. The van der Waals surface area contributed by atoms with Crippen LogP contribution in [0.1, 0.15) is 28.1 Å². The smallest absolute Gasteiger partial charge is 0.261 e. The third kappa shape index (κ3) is 2.68. The third-order valence-electron chi connectivity index (χ3n) is 2.95. The lowest BCUT2D eigenvalue weighted by Gasteiger charge is -2.11. The Balaban J connectivity index is 1.93. The van der Waals surface area contributed by atoms with Gasteiger partial charge in [-0.3, -0.25) is 4.79 Å². The van der Waals surface area contributed by atoms with Gasteiger partial charge in [-0.2, -0.15) is 0 Å². The quantitative estimate of drug-likeness (QED) is 0.808. The van der Waals surface area contributed by atoms with Crippen LogP contribution >= 0.6 is 43.2 Å². The molecule has 2 rings (SSSR count). The topological polar surface area (TPSA) is 29.1 Å². The summed E-state index contributed by atoms with van der Waals surface area (Å²) in [6.45, 7) is 2.78. The van der Waals surface area contributed by atoms with E-state index in [1.54, 1.807) is 0 Å². The number of carbonyl (C=O) groups excluding carboxylic acids is 1. The normalized spacial score (nSPS) is 17.2. The number of halogens is 2. The summed E-state index contributed by atoms with van der Waals surface area (Å²) in [7, 11) is 0. The van der Waals surface area contributed by atoms with Crippen LogP contribution in [0.4, 0.5) is 0 Å². The molecule has 1 aliphatic rings. The molecule has 1 aliphatic carbocycles. The van der Waals surface area contributed by atoms with Gasteiger partial charge in [0.1, 0.15) is 0 Å². The SMILES string of the molecule is Cc1cc(C(=O)NCC2(CBr)CC2)sc1Br.